The highest BCUT2D eigenvalue weighted by Crippen LogP contribution is 2.33. The number of thiophene rings is 1. The van der Waals surface area contributed by atoms with Crippen LogP contribution in [-0.4, -0.2) is 55.8 Å². The molecule has 0 aromatic carbocycles. The van der Waals surface area contributed by atoms with Gasteiger partial charge in [0.05, 0.1) is 0 Å². The van der Waals surface area contributed by atoms with Gasteiger partial charge in [0.25, 0.3) is 10.0 Å². The van der Waals surface area contributed by atoms with Gasteiger partial charge in [-0.05, 0) is 42.7 Å². The SMILES string of the molecule is CC1(CN)CCN(C(=O)C2CCCCN2S(=O)(=O)c2cccs2)C1. The second-order valence-electron chi connectivity index (χ2n) is 7.08. The van der Waals surface area contributed by atoms with Gasteiger partial charge in [-0.2, -0.15) is 4.31 Å². The summed E-state index contributed by atoms with van der Waals surface area (Å²) in [5.41, 5.74) is 5.77. The standard InChI is InChI=1S/C16H25N3O3S2/c1-16(11-17)7-9-18(12-16)15(20)13-5-2-3-8-19(13)24(21,22)14-6-4-10-23-14/h4,6,10,13H,2-3,5,7-9,11-12,17H2,1H3. The summed E-state index contributed by atoms with van der Waals surface area (Å²) in [6.07, 6.45) is 3.16. The summed E-state index contributed by atoms with van der Waals surface area (Å²) in [6, 6.07) is 2.76. The molecule has 1 aromatic rings. The summed E-state index contributed by atoms with van der Waals surface area (Å²) in [7, 11) is -3.60. The van der Waals surface area contributed by atoms with Crippen LogP contribution in [0.15, 0.2) is 21.7 Å². The molecular weight excluding hydrogens is 346 g/mol. The third-order valence-electron chi connectivity index (χ3n) is 5.16. The Balaban J connectivity index is 1.82. The molecule has 24 heavy (non-hydrogen) atoms. The average Bonchev–Trinajstić information content (AvgIpc) is 3.25. The average molecular weight is 372 g/mol. The second kappa shape index (κ2) is 6.74. The van der Waals surface area contributed by atoms with Crippen LogP contribution in [0.2, 0.25) is 0 Å². The smallest absolute Gasteiger partial charge is 0.253 e. The van der Waals surface area contributed by atoms with Gasteiger partial charge in [0.1, 0.15) is 10.3 Å². The highest BCUT2D eigenvalue weighted by atomic mass is 32.2. The summed E-state index contributed by atoms with van der Waals surface area (Å²) < 4.78 is 27.5. The number of amides is 1. The maximum atomic E-state index is 13.0. The van der Waals surface area contributed by atoms with E-state index in [4.69, 9.17) is 5.73 Å². The first-order valence-corrected chi connectivity index (χ1v) is 10.7. The molecule has 0 radical (unpaired) electrons. The topological polar surface area (TPSA) is 83.7 Å². The molecule has 2 atom stereocenters. The molecule has 3 heterocycles. The van der Waals surface area contributed by atoms with E-state index >= 15 is 0 Å². The molecule has 8 heteroatoms. The predicted molar refractivity (Wildman–Crippen MR) is 94.2 cm³/mol. The predicted octanol–water partition coefficient (Wildman–Crippen LogP) is 1.49. The van der Waals surface area contributed by atoms with E-state index in [2.05, 4.69) is 6.92 Å². The Bertz CT molecular complexity index is 689. The van der Waals surface area contributed by atoms with Crippen LogP contribution in [0.5, 0.6) is 0 Å². The third kappa shape index (κ3) is 3.24. The van der Waals surface area contributed by atoms with E-state index in [1.54, 1.807) is 22.4 Å². The lowest BCUT2D eigenvalue weighted by Crippen LogP contribution is -2.52. The Kier molecular flexibility index (Phi) is 5.01. The molecular formula is C16H25N3O3S2. The van der Waals surface area contributed by atoms with E-state index in [9.17, 15) is 13.2 Å². The Morgan fingerprint density at radius 1 is 1.42 bits per heavy atom. The van der Waals surface area contributed by atoms with Crippen molar-refractivity contribution in [2.24, 2.45) is 11.1 Å². The molecule has 2 saturated heterocycles. The van der Waals surface area contributed by atoms with Gasteiger partial charge in [-0.25, -0.2) is 8.42 Å². The molecule has 2 aliphatic heterocycles. The van der Waals surface area contributed by atoms with Crippen LogP contribution in [0.1, 0.15) is 32.6 Å². The first kappa shape index (κ1) is 17.8. The lowest BCUT2D eigenvalue weighted by molar-refractivity contribution is -0.135. The summed E-state index contributed by atoms with van der Waals surface area (Å²) in [5.74, 6) is -0.0630. The van der Waals surface area contributed by atoms with Gasteiger partial charge >= 0.3 is 0 Å². The molecule has 2 fully saturated rings. The number of hydrogen-bond acceptors (Lipinski definition) is 5. The van der Waals surface area contributed by atoms with Gasteiger partial charge in [-0.3, -0.25) is 4.79 Å². The van der Waals surface area contributed by atoms with Crippen molar-refractivity contribution in [2.75, 3.05) is 26.2 Å². The van der Waals surface area contributed by atoms with Crippen LogP contribution in [0.4, 0.5) is 0 Å². The number of sulfonamides is 1. The number of nitrogens with zero attached hydrogens (tertiary/aromatic N) is 2. The summed E-state index contributed by atoms with van der Waals surface area (Å²) in [5, 5.41) is 1.75. The zero-order valence-electron chi connectivity index (χ0n) is 14.0. The van der Waals surface area contributed by atoms with Gasteiger partial charge < -0.3 is 10.6 Å². The number of piperidine rings is 1. The Morgan fingerprint density at radius 3 is 2.83 bits per heavy atom. The molecule has 134 valence electrons. The van der Waals surface area contributed by atoms with Gasteiger partial charge in [0, 0.05) is 19.6 Å². The fraction of sp³-hybridized carbons (Fsp3) is 0.688. The fourth-order valence-corrected chi connectivity index (χ4v) is 6.32. The minimum atomic E-state index is -3.60. The Hall–Kier alpha value is -0.960. The minimum absolute atomic E-state index is 0.0538. The number of rotatable bonds is 4. The van der Waals surface area contributed by atoms with Crippen molar-refractivity contribution in [1.29, 1.82) is 0 Å². The highest BCUT2D eigenvalue weighted by molar-refractivity contribution is 7.91. The molecule has 1 aromatic heterocycles. The van der Waals surface area contributed by atoms with Crippen LogP contribution >= 0.6 is 11.3 Å². The first-order chi connectivity index (χ1) is 11.4. The summed E-state index contributed by atoms with van der Waals surface area (Å²) in [6.45, 7) is 4.32. The van der Waals surface area contributed by atoms with Crippen LogP contribution in [0.25, 0.3) is 0 Å². The number of hydrogen-bond donors (Lipinski definition) is 1. The van der Waals surface area contributed by atoms with Crippen molar-refractivity contribution in [3.05, 3.63) is 17.5 Å². The van der Waals surface area contributed by atoms with Crippen LogP contribution < -0.4 is 5.73 Å². The van der Waals surface area contributed by atoms with E-state index in [0.717, 1.165) is 19.3 Å². The zero-order valence-corrected chi connectivity index (χ0v) is 15.6. The third-order valence-corrected chi connectivity index (χ3v) is 8.44. The van der Waals surface area contributed by atoms with E-state index in [1.165, 1.54) is 15.6 Å². The molecule has 0 spiro atoms. The number of likely N-dealkylation sites (tertiary alicyclic amines) is 1. The molecule has 0 bridgehead atoms. The fourth-order valence-electron chi connectivity index (χ4n) is 3.55. The van der Waals surface area contributed by atoms with Crippen LogP contribution in [0.3, 0.4) is 0 Å². The molecule has 2 aliphatic rings. The van der Waals surface area contributed by atoms with E-state index in [0.29, 0.717) is 36.8 Å². The van der Waals surface area contributed by atoms with E-state index < -0.39 is 16.1 Å². The number of carbonyl (C=O) groups excluding carboxylic acids is 1. The van der Waals surface area contributed by atoms with Gasteiger partial charge in [0.15, 0.2) is 0 Å². The molecule has 2 N–H and O–H groups in total. The first-order valence-electron chi connectivity index (χ1n) is 8.42. The van der Waals surface area contributed by atoms with Crippen molar-refractivity contribution in [1.82, 2.24) is 9.21 Å². The number of nitrogens with two attached hydrogens (primary N) is 1. The summed E-state index contributed by atoms with van der Waals surface area (Å²) >= 11 is 1.20. The lowest BCUT2D eigenvalue weighted by Gasteiger charge is -2.35. The molecule has 0 saturated carbocycles. The monoisotopic (exact) mass is 371 g/mol. The van der Waals surface area contributed by atoms with Crippen LogP contribution in [0, 0.1) is 5.41 Å². The van der Waals surface area contributed by atoms with E-state index in [-0.39, 0.29) is 11.3 Å². The summed E-state index contributed by atoms with van der Waals surface area (Å²) in [4.78, 5) is 14.8. The normalized spacial score (nSPS) is 29.1. The van der Waals surface area contributed by atoms with E-state index in [1.807, 2.05) is 0 Å². The quantitative estimate of drug-likeness (QED) is 0.869. The lowest BCUT2D eigenvalue weighted by atomic mass is 9.90. The second-order valence-corrected chi connectivity index (χ2v) is 10.1. The van der Waals surface area contributed by atoms with Crippen molar-refractivity contribution < 1.29 is 13.2 Å². The Morgan fingerprint density at radius 2 is 2.21 bits per heavy atom. The molecule has 1 amide bonds. The van der Waals surface area contributed by atoms with Crippen molar-refractivity contribution in [3.63, 3.8) is 0 Å². The maximum Gasteiger partial charge on any atom is 0.253 e. The van der Waals surface area contributed by atoms with Crippen molar-refractivity contribution in [2.45, 2.75) is 42.9 Å². The molecule has 6 nitrogen and oxygen atoms in total. The Labute approximate surface area is 147 Å². The zero-order chi connectivity index (χ0) is 17.4. The van der Waals surface area contributed by atoms with Crippen molar-refractivity contribution in [3.8, 4) is 0 Å². The minimum Gasteiger partial charge on any atom is -0.341 e. The van der Waals surface area contributed by atoms with Crippen molar-refractivity contribution >= 4 is 27.3 Å². The largest absolute Gasteiger partial charge is 0.341 e. The van der Waals surface area contributed by atoms with Gasteiger partial charge in [0.2, 0.25) is 5.91 Å². The van der Waals surface area contributed by atoms with Crippen LogP contribution in [-0.2, 0) is 14.8 Å². The van der Waals surface area contributed by atoms with Gasteiger partial charge in [-0.1, -0.05) is 19.4 Å². The molecule has 2 unspecified atom stereocenters. The molecule has 0 aliphatic carbocycles. The molecule has 3 rings (SSSR count). The van der Waals surface area contributed by atoms with Gasteiger partial charge in [-0.15, -0.1) is 11.3 Å². The highest BCUT2D eigenvalue weighted by Gasteiger charge is 2.43. The maximum absolute atomic E-state index is 13.0. The number of carbonyl (C=O) groups is 1.